The molecule has 0 aromatic heterocycles. The van der Waals surface area contributed by atoms with Crippen molar-refractivity contribution in [2.24, 2.45) is 0 Å². The van der Waals surface area contributed by atoms with Crippen LogP contribution < -0.4 is 16.0 Å². The molecule has 0 bridgehead atoms. The van der Waals surface area contributed by atoms with Crippen LogP contribution in [0.1, 0.15) is 12.5 Å². The largest absolute Gasteiger partial charge is 0.463 e. The number of carbonyl (C=O) groups is 3. The summed E-state index contributed by atoms with van der Waals surface area (Å²) in [4.78, 5) is 37.5. The lowest BCUT2D eigenvalue weighted by atomic mass is 10.1. The van der Waals surface area contributed by atoms with Crippen LogP contribution in [0.5, 0.6) is 0 Å². The van der Waals surface area contributed by atoms with E-state index in [-0.39, 0.29) is 38.2 Å². The Morgan fingerprint density at radius 3 is 2.62 bits per heavy atom. The third-order valence-electron chi connectivity index (χ3n) is 3.75. The van der Waals surface area contributed by atoms with E-state index < -0.39 is 5.97 Å². The van der Waals surface area contributed by atoms with Gasteiger partial charge in [-0.2, -0.15) is 0 Å². The van der Waals surface area contributed by atoms with Gasteiger partial charge in [0.05, 0.1) is 25.3 Å². The summed E-state index contributed by atoms with van der Waals surface area (Å²) >= 11 is 0. The molecule has 0 radical (unpaired) electrons. The molecule has 0 saturated heterocycles. The number of likely N-dealkylation sites (N-methyl/N-ethyl adjacent to an activating group) is 1. The van der Waals surface area contributed by atoms with Gasteiger partial charge in [0.1, 0.15) is 0 Å². The lowest BCUT2D eigenvalue weighted by molar-refractivity contribution is -0.138. The van der Waals surface area contributed by atoms with Crippen LogP contribution >= 0.6 is 0 Å². The quantitative estimate of drug-likeness (QED) is 0.630. The molecule has 1 aliphatic heterocycles. The second-order valence-electron chi connectivity index (χ2n) is 6.07. The molecular formula is C18H24N4O4. The average molecular weight is 360 g/mol. The van der Waals surface area contributed by atoms with Crippen LogP contribution in [-0.2, 0) is 14.3 Å². The van der Waals surface area contributed by atoms with Crippen molar-refractivity contribution in [3.63, 3.8) is 0 Å². The third kappa shape index (κ3) is 5.59. The minimum atomic E-state index is -0.479. The molecule has 8 heteroatoms. The van der Waals surface area contributed by atoms with Crippen molar-refractivity contribution in [1.29, 1.82) is 0 Å². The zero-order chi connectivity index (χ0) is 19.1. The number of amides is 3. The molecule has 0 spiro atoms. The first-order valence-electron chi connectivity index (χ1n) is 8.38. The zero-order valence-electron chi connectivity index (χ0n) is 15.2. The first-order chi connectivity index (χ1) is 12.4. The number of nitrogens with one attached hydrogen (secondary N) is 3. The van der Waals surface area contributed by atoms with Crippen molar-refractivity contribution < 1.29 is 19.1 Å². The van der Waals surface area contributed by atoms with Crippen molar-refractivity contribution in [1.82, 2.24) is 15.5 Å². The highest BCUT2D eigenvalue weighted by atomic mass is 16.5. The standard InChI is InChI=1S/C18H24N4O4/c1-4-26-17(24)14-9-19-18(25)21-15(14)10-22(3)11-16(23)20-13-7-5-12(2)6-8-13/h5-8H,4,9-11H2,1-3H3,(H,20,23)(H2,19,21,25). The number of esters is 1. The van der Waals surface area contributed by atoms with E-state index in [9.17, 15) is 14.4 Å². The van der Waals surface area contributed by atoms with Gasteiger partial charge in [-0.25, -0.2) is 9.59 Å². The summed E-state index contributed by atoms with van der Waals surface area (Å²) in [7, 11) is 1.73. The number of urea groups is 1. The van der Waals surface area contributed by atoms with Gasteiger partial charge in [-0.1, -0.05) is 17.7 Å². The number of nitrogens with zero attached hydrogens (tertiary/aromatic N) is 1. The summed E-state index contributed by atoms with van der Waals surface area (Å²) in [5.41, 5.74) is 2.63. The molecule has 0 fully saturated rings. The monoisotopic (exact) mass is 360 g/mol. The Morgan fingerprint density at radius 2 is 1.96 bits per heavy atom. The molecule has 1 aliphatic rings. The first kappa shape index (κ1) is 19.5. The summed E-state index contributed by atoms with van der Waals surface area (Å²) in [5.74, 6) is -0.664. The number of anilines is 1. The van der Waals surface area contributed by atoms with Gasteiger partial charge in [-0.05, 0) is 33.0 Å². The Hall–Kier alpha value is -2.87. The summed E-state index contributed by atoms with van der Waals surface area (Å²) in [6, 6.07) is 7.12. The van der Waals surface area contributed by atoms with E-state index >= 15 is 0 Å². The average Bonchev–Trinajstić information content (AvgIpc) is 2.57. The molecule has 1 aromatic rings. The summed E-state index contributed by atoms with van der Waals surface area (Å²) in [6.45, 7) is 4.39. The van der Waals surface area contributed by atoms with Crippen molar-refractivity contribution in [3.8, 4) is 0 Å². The maximum absolute atomic E-state index is 12.2. The molecule has 0 aliphatic carbocycles. The zero-order valence-corrected chi connectivity index (χ0v) is 15.2. The number of rotatable bonds is 7. The minimum absolute atomic E-state index is 0.101. The molecule has 26 heavy (non-hydrogen) atoms. The number of hydrogen-bond donors (Lipinski definition) is 3. The maximum atomic E-state index is 12.2. The van der Waals surface area contributed by atoms with Crippen molar-refractivity contribution in [3.05, 3.63) is 41.1 Å². The van der Waals surface area contributed by atoms with Crippen LogP contribution in [0.2, 0.25) is 0 Å². The van der Waals surface area contributed by atoms with Gasteiger partial charge in [0.15, 0.2) is 0 Å². The normalized spacial score (nSPS) is 13.9. The highest BCUT2D eigenvalue weighted by molar-refractivity contribution is 5.94. The number of carbonyl (C=O) groups excluding carboxylic acids is 3. The SMILES string of the molecule is CCOC(=O)C1=C(CN(C)CC(=O)Nc2ccc(C)cc2)NC(=O)NC1. The van der Waals surface area contributed by atoms with Gasteiger partial charge >= 0.3 is 12.0 Å². The van der Waals surface area contributed by atoms with E-state index in [0.717, 1.165) is 11.3 Å². The van der Waals surface area contributed by atoms with Gasteiger partial charge < -0.3 is 20.7 Å². The molecule has 0 atom stereocenters. The smallest absolute Gasteiger partial charge is 0.337 e. The topological polar surface area (TPSA) is 99.8 Å². The molecule has 140 valence electrons. The van der Waals surface area contributed by atoms with Crippen LogP contribution in [0.15, 0.2) is 35.5 Å². The Kier molecular flexibility index (Phi) is 6.74. The lowest BCUT2D eigenvalue weighted by Gasteiger charge is -2.25. The summed E-state index contributed by atoms with van der Waals surface area (Å²) < 4.78 is 5.01. The maximum Gasteiger partial charge on any atom is 0.337 e. The molecule has 3 N–H and O–H groups in total. The fourth-order valence-electron chi connectivity index (χ4n) is 2.49. The second kappa shape index (κ2) is 9.00. The molecule has 1 aromatic carbocycles. The van der Waals surface area contributed by atoms with Gasteiger partial charge in [0, 0.05) is 17.9 Å². The molecule has 0 saturated carbocycles. The fraction of sp³-hybridized carbons (Fsp3) is 0.389. The van der Waals surface area contributed by atoms with E-state index in [1.54, 1.807) is 18.9 Å². The fourth-order valence-corrected chi connectivity index (χ4v) is 2.49. The van der Waals surface area contributed by atoms with Crippen molar-refractivity contribution in [2.75, 3.05) is 38.6 Å². The van der Waals surface area contributed by atoms with E-state index in [1.807, 2.05) is 31.2 Å². The van der Waals surface area contributed by atoms with E-state index in [2.05, 4.69) is 16.0 Å². The number of hydrogen-bond acceptors (Lipinski definition) is 5. The van der Waals surface area contributed by atoms with E-state index in [0.29, 0.717) is 11.3 Å². The second-order valence-corrected chi connectivity index (χ2v) is 6.07. The molecule has 8 nitrogen and oxygen atoms in total. The number of ether oxygens (including phenoxy) is 1. The Morgan fingerprint density at radius 1 is 1.27 bits per heavy atom. The molecular weight excluding hydrogens is 336 g/mol. The third-order valence-corrected chi connectivity index (χ3v) is 3.75. The molecule has 0 unspecified atom stereocenters. The predicted octanol–water partition coefficient (Wildman–Crippen LogP) is 0.995. The highest BCUT2D eigenvalue weighted by Crippen LogP contribution is 2.11. The van der Waals surface area contributed by atoms with E-state index in [4.69, 9.17) is 4.74 Å². The number of aryl methyl sites for hydroxylation is 1. The lowest BCUT2D eigenvalue weighted by Crippen LogP contribution is -2.47. The van der Waals surface area contributed by atoms with Crippen LogP contribution in [0, 0.1) is 6.92 Å². The molecule has 3 amide bonds. The molecule has 1 heterocycles. The predicted molar refractivity (Wildman–Crippen MR) is 97.5 cm³/mol. The van der Waals surface area contributed by atoms with Crippen molar-refractivity contribution in [2.45, 2.75) is 13.8 Å². The summed E-state index contributed by atoms with van der Waals surface area (Å²) in [5, 5.41) is 7.98. The van der Waals surface area contributed by atoms with Crippen LogP contribution in [0.4, 0.5) is 10.5 Å². The Bertz CT molecular complexity index is 712. The van der Waals surface area contributed by atoms with E-state index in [1.165, 1.54) is 0 Å². The van der Waals surface area contributed by atoms with Crippen molar-refractivity contribution >= 4 is 23.6 Å². The van der Waals surface area contributed by atoms with Crippen LogP contribution in [-0.4, -0.2) is 56.1 Å². The Balaban J connectivity index is 1.98. The van der Waals surface area contributed by atoms with Gasteiger partial charge in [-0.3, -0.25) is 9.69 Å². The summed E-state index contributed by atoms with van der Waals surface area (Å²) in [6.07, 6.45) is 0. The first-order valence-corrected chi connectivity index (χ1v) is 8.38. The molecule has 2 rings (SSSR count). The highest BCUT2D eigenvalue weighted by Gasteiger charge is 2.24. The van der Waals surface area contributed by atoms with Gasteiger partial charge in [0.25, 0.3) is 0 Å². The van der Waals surface area contributed by atoms with Crippen LogP contribution in [0.3, 0.4) is 0 Å². The number of benzene rings is 1. The van der Waals surface area contributed by atoms with Gasteiger partial charge in [0.2, 0.25) is 5.91 Å². The van der Waals surface area contributed by atoms with Gasteiger partial charge in [-0.15, -0.1) is 0 Å². The minimum Gasteiger partial charge on any atom is -0.463 e. The Labute approximate surface area is 152 Å². The van der Waals surface area contributed by atoms with Crippen LogP contribution in [0.25, 0.3) is 0 Å².